The highest BCUT2D eigenvalue weighted by molar-refractivity contribution is 5.86. The normalized spacial score (nSPS) is 32.1. The van der Waals surface area contributed by atoms with Gasteiger partial charge in [0.15, 0.2) is 0 Å². The first kappa shape index (κ1) is 17.4. The summed E-state index contributed by atoms with van der Waals surface area (Å²) in [5, 5.41) is 9.75. The molecule has 3 aliphatic rings. The highest BCUT2D eigenvalue weighted by atomic mass is 16.3. The van der Waals surface area contributed by atoms with Crippen molar-refractivity contribution in [1.29, 1.82) is 0 Å². The summed E-state index contributed by atoms with van der Waals surface area (Å²) in [6.07, 6.45) is 13.6. The lowest BCUT2D eigenvalue weighted by molar-refractivity contribution is -0.139. The molecule has 3 heterocycles. The van der Waals surface area contributed by atoms with E-state index in [2.05, 4.69) is 20.7 Å². The number of hydrogen-bond donors (Lipinski definition) is 1. The molecule has 0 radical (unpaired) electrons. The number of aliphatic hydroxyl groups is 1. The van der Waals surface area contributed by atoms with Gasteiger partial charge < -0.3 is 14.9 Å². The topological polar surface area (TPSA) is 56.7 Å². The van der Waals surface area contributed by atoms with Gasteiger partial charge in [-0.3, -0.25) is 4.79 Å². The predicted molar refractivity (Wildman–Crippen MR) is 101 cm³/mol. The maximum Gasteiger partial charge on any atom is 0.230 e. The fourth-order valence-corrected chi connectivity index (χ4v) is 5.02. The number of terminal acetylenes is 1. The molecule has 2 aliphatic heterocycles. The summed E-state index contributed by atoms with van der Waals surface area (Å²) in [7, 11) is 0. The number of hydrogen-bond acceptors (Lipinski definition) is 4. The van der Waals surface area contributed by atoms with Crippen molar-refractivity contribution in [3.8, 4) is 12.3 Å². The zero-order valence-corrected chi connectivity index (χ0v) is 15.2. The molecular weight excluding hydrogens is 326 g/mol. The minimum atomic E-state index is -0.294. The van der Waals surface area contributed by atoms with Gasteiger partial charge in [0.05, 0.1) is 17.1 Å². The monoisotopic (exact) mass is 353 g/mol. The third kappa shape index (κ3) is 2.97. The smallest absolute Gasteiger partial charge is 0.230 e. The van der Waals surface area contributed by atoms with E-state index in [1.54, 1.807) is 6.20 Å². The van der Waals surface area contributed by atoms with E-state index in [9.17, 15) is 9.90 Å². The summed E-state index contributed by atoms with van der Waals surface area (Å²) >= 11 is 0. The lowest BCUT2D eigenvalue weighted by Gasteiger charge is -2.41. The van der Waals surface area contributed by atoms with Gasteiger partial charge in [-0.05, 0) is 57.1 Å². The highest BCUT2D eigenvalue weighted by Crippen LogP contribution is 2.43. The van der Waals surface area contributed by atoms with E-state index in [1.165, 1.54) is 0 Å². The SMILES string of the molecule is C#Cc1cccnc1N1CCC[C@@]2(CCN([C@H]3CC[C@H](O)CC3)C2=O)C1. The summed E-state index contributed by atoms with van der Waals surface area (Å²) < 4.78 is 0. The number of rotatable bonds is 2. The molecule has 1 spiro atoms. The molecule has 26 heavy (non-hydrogen) atoms. The predicted octanol–water partition coefficient (Wildman–Crippen LogP) is 2.19. The molecule has 1 aromatic heterocycles. The quantitative estimate of drug-likeness (QED) is 0.828. The van der Waals surface area contributed by atoms with Crippen molar-refractivity contribution in [1.82, 2.24) is 9.88 Å². The Kier molecular flexibility index (Phi) is 4.62. The second kappa shape index (κ2) is 6.92. The molecule has 0 bridgehead atoms. The van der Waals surface area contributed by atoms with E-state index in [-0.39, 0.29) is 11.5 Å². The molecular formula is C21H27N3O2. The van der Waals surface area contributed by atoms with Crippen molar-refractivity contribution in [2.45, 2.75) is 57.1 Å². The van der Waals surface area contributed by atoms with E-state index in [0.717, 1.165) is 69.4 Å². The van der Waals surface area contributed by atoms with Crippen LogP contribution in [0.15, 0.2) is 18.3 Å². The number of piperidine rings is 1. The summed E-state index contributed by atoms with van der Waals surface area (Å²) in [6.45, 7) is 2.46. The fraction of sp³-hybridized carbons (Fsp3) is 0.619. The van der Waals surface area contributed by atoms with Gasteiger partial charge in [0.2, 0.25) is 5.91 Å². The van der Waals surface area contributed by atoms with E-state index in [0.29, 0.717) is 18.5 Å². The van der Waals surface area contributed by atoms with E-state index in [4.69, 9.17) is 6.42 Å². The van der Waals surface area contributed by atoms with E-state index < -0.39 is 0 Å². The zero-order chi connectivity index (χ0) is 18.1. The van der Waals surface area contributed by atoms with Crippen molar-refractivity contribution in [2.75, 3.05) is 24.5 Å². The number of pyridine rings is 1. The van der Waals surface area contributed by atoms with Crippen LogP contribution < -0.4 is 4.90 Å². The average Bonchev–Trinajstić information content (AvgIpc) is 2.98. The molecule has 5 nitrogen and oxygen atoms in total. The maximum atomic E-state index is 13.4. The Bertz CT molecular complexity index is 720. The van der Waals surface area contributed by atoms with Crippen LogP contribution >= 0.6 is 0 Å². The van der Waals surface area contributed by atoms with Gasteiger partial charge in [-0.1, -0.05) is 5.92 Å². The number of likely N-dealkylation sites (tertiary alicyclic amines) is 1. The van der Waals surface area contributed by atoms with Crippen LogP contribution in [-0.4, -0.2) is 52.7 Å². The van der Waals surface area contributed by atoms with Crippen molar-refractivity contribution in [3.05, 3.63) is 23.9 Å². The van der Waals surface area contributed by atoms with Crippen LogP contribution in [0.1, 0.15) is 50.5 Å². The average molecular weight is 353 g/mol. The largest absolute Gasteiger partial charge is 0.393 e. The minimum absolute atomic E-state index is 0.186. The van der Waals surface area contributed by atoms with Crippen molar-refractivity contribution < 1.29 is 9.90 Å². The third-order valence-electron chi connectivity index (χ3n) is 6.47. The Hall–Kier alpha value is -2.06. The van der Waals surface area contributed by atoms with Crippen LogP contribution in [0.25, 0.3) is 0 Å². The van der Waals surface area contributed by atoms with Gasteiger partial charge in [0, 0.05) is 31.9 Å². The molecule has 5 heteroatoms. The van der Waals surface area contributed by atoms with Gasteiger partial charge in [-0.25, -0.2) is 4.98 Å². The standard InChI is InChI=1S/C21H27N3O2/c1-2-16-5-3-12-22-19(16)23-13-4-10-21(15-23)11-14-24(20(21)26)17-6-8-18(25)9-7-17/h1,3,5,12,17-18,25H,4,6-11,13-15H2/t17-,18-,21-/m1/s1. The molecule has 4 rings (SSSR count). The number of aliphatic hydroxyl groups excluding tert-OH is 1. The number of aromatic nitrogens is 1. The Morgan fingerprint density at radius 3 is 2.81 bits per heavy atom. The van der Waals surface area contributed by atoms with Crippen LogP contribution in [0.4, 0.5) is 5.82 Å². The van der Waals surface area contributed by atoms with Gasteiger partial charge >= 0.3 is 0 Å². The summed E-state index contributed by atoms with van der Waals surface area (Å²) in [5.41, 5.74) is 0.505. The maximum absolute atomic E-state index is 13.4. The Balaban J connectivity index is 1.52. The summed E-state index contributed by atoms with van der Waals surface area (Å²) in [5.74, 6) is 3.87. The van der Waals surface area contributed by atoms with Crippen LogP contribution in [0.3, 0.4) is 0 Å². The lowest BCUT2D eigenvalue weighted by Crippen LogP contribution is -2.50. The minimum Gasteiger partial charge on any atom is -0.393 e. The highest BCUT2D eigenvalue weighted by Gasteiger charge is 2.50. The first-order valence-corrected chi connectivity index (χ1v) is 9.79. The molecule has 0 unspecified atom stereocenters. The first-order valence-electron chi connectivity index (χ1n) is 9.79. The number of nitrogens with zero attached hydrogens (tertiary/aromatic N) is 3. The second-order valence-corrected chi connectivity index (χ2v) is 8.04. The summed E-state index contributed by atoms with van der Waals surface area (Å²) in [4.78, 5) is 22.2. The second-order valence-electron chi connectivity index (χ2n) is 8.04. The number of anilines is 1. The Morgan fingerprint density at radius 2 is 2.04 bits per heavy atom. The third-order valence-corrected chi connectivity index (χ3v) is 6.47. The molecule has 2 saturated heterocycles. The van der Waals surface area contributed by atoms with E-state index in [1.807, 2.05) is 12.1 Å². The van der Waals surface area contributed by atoms with Gasteiger partial charge in [-0.2, -0.15) is 0 Å². The number of amides is 1. The molecule has 1 aromatic rings. The Labute approximate surface area is 155 Å². The number of carbonyl (C=O) groups is 1. The molecule has 3 fully saturated rings. The lowest BCUT2D eigenvalue weighted by atomic mass is 9.78. The summed E-state index contributed by atoms with van der Waals surface area (Å²) in [6, 6.07) is 4.08. The molecule has 0 aromatic carbocycles. The van der Waals surface area contributed by atoms with Gasteiger partial charge in [0.1, 0.15) is 5.82 Å². The molecule has 1 amide bonds. The van der Waals surface area contributed by atoms with Crippen LogP contribution in [0.5, 0.6) is 0 Å². The van der Waals surface area contributed by atoms with Gasteiger partial charge in [-0.15, -0.1) is 6.42 Å². The first-order chi connectivity index (χ1) is 12.6. The zero-order valence-electron chi connectivity index (χ0n) is 15.2. The fourth-order valence-electron chi connectivity index (χ4n) is 5.02. The Morgan fingerprint density at radius 1 is 1.23 bits per heavy atom. The van der Waals surface area contributed by atoms with E-state index >= 15 is 0 Å². The molecule has 138 valence electrons. The van der Waals surface area contributed by atoms with Crippen molar-refractivity contribution >= 4 is 11.7 Å². The van der Waals surface area contributed by atoms with Crippen LogP contribution in [0, 0.1) is 17.8 Å². The number of carbonyl (C=O) groups excluding carboxylic acids is 1. The molecule has 1 aliphatic carbocycles. The van der Waals surface area contributed by atoms with Gasteiger partial charge in [0.25, 0.3) is 0 Å². The van der Waals surface area contributed by atoms with Crippen molar-refractivity contribution in [2.24, 2.45) is 5.41 Å². The van der Waals surface area contributed by atoms with Crippen LogP contribution in [-0.2, 0) is 4.79 Å². The van der Waals surface area contributed by atoms with Crippen molar-refractivity contribution in [3.63, 3.8) is 0 Å². The molecule has 1 N–H and O–H groups in total. The molecule has 1 saturated carbocycles. The van der Waals surface area contributed by atoms with Crippen LogP contribution in [0.2, 0.25) is 0 Å². The molecule has 1 atom stereocenters.